The van der Waals surface area contributed by atoms with Crippen molar-refractivity contribution in [3.63, 3.8) is 0 Å². The number of esters is 1. The van der Waals surface area contributed by atoms with E-state index >= 15 is 0 Å². The molecule has 0 aromatic heterocycles. The average molecular weight is 413 g/mol. The SMILES string of the molecule is CCCC[C@]1(O)OC2=C(CCC)C(=O)[C@]34CC[C@H](C=C3C(=O)OC)[C@@H]3CCC1=C2[C@@H]34. The van der Waals surface area contributed by atoms with Crippen LogP contribution in [0.2, 0.25) is 0 Å². The van der Waals surface area contributed by atoms with Crippen molar-refractivity contribution >= 4 is 11.8 Å². The second kappa shape index (κ2) is 6.81. The molecule has 5 heteroatoms. The molecule has 6 aliphatic rings. The van der Waals surface area contributed by atoms with Crippen LogP contribution in [0.5, 0.6) is 0 Å². The maximum Gasteiger partial charge on any atom is 0.334 e. The Morgan fingerprint density at radius 1 is 1.30 bits per heavy atom. The van der Waals surface area contributed by atoms with Gasteiger partial charge in [0.2, 0.25) is 5.79 Å². The number of Topliss-reactive ketones (excluding diaryl/α,β-unsaturated/α-hetero) is 1. The van der Waals surface area contributed by atoms with Crippen LogP contribution < -0.4 is 0 Å². The average Bonchev–Trinajstić information content (AvgIpc) is 3.07. The largest absolute Gasteiger partial charge is 0.466 e. The van der Waals surface area contributed by atoms with Crippen LogP contribution >= 0.6 is 0 Å². The Kier molecular flexibility index (Phi) is 4.55. The maximum atomic E-state index is 14.1. The zero-order valence-electron chi connectivity index (χ0n) is 18.3. The van der Waals surface area contributed by atoms with Gasteiger partial charge in [-0.05, 0) is 50.4 Å². The molecule has 30 heavy (non-hydrogen) atoms. The highest BCUT2D eigenvalue weighted by molar-refractivity contribution is 6.11. The topological polar surface area (TPSA) is 72.8 Å². The molecule has 0 saturated heterocycles. The van der Waals surface area contributed by atoms with E-state index in [9.17, 15) is 14.7 Å². The number of fused-ring (bicyclic) bond motifs is 1. The second-order valence-electron chi connectivity index (χ2n) is 9.70. The first kappa shape index (κ1) is 20.0. The maximum absolute atomic E-state index is 14.1. The van der Waals surface area contributed by atoms with Gasteiger partial charge in [-0.1, -0.05) is 32.8 Å². The van der Waals surface area contributed by atoms with Crippen LogP contribution in [0.1, 0.15) is 71.6 Å². The predicted molar refractivity (Wildman–Crippen MR) is 111 cm³/mol. The Morgan fingerprint density at radius 2 is 2.10 bits per heavy atom. The van der Waals surface area contributed by atoms with Crippen LogP contribution in [0.25, 0.3) is 0 Å². The minimum atomic E-state index is -1.30. The molecule has 0 aromatic rings. The van der Waals surface area contributed by atoms with Crippen molar-refractivity contribution in [2.75, 3.05) is 7.11 Å². The third-order valence-corrected chi connectivity index (χ3v) is 8.32. The van der Waals surface area contributed by atoms with Gasteiger partial charge in [-0.3, -0.25) is 4.79 Å². The second-order valence-corrected chi connectivity index (χ2v) is 9.70. The summed E-state index contributed by atoms with van der Waals surface area (Å²) >= 11 is 0. The first-order valence-electron chi connectivity index (χ1n) is 11.7. The molecule has 1 fully saturated rings. The van der Waals surface area contributed by atoms with Gasteiger partial charge >= 0.3 is 5.97 Å². The number of unbranched alkanes of at least 4 members (excludes halogenated alkanes) is 1. The van der Waals surface area contributed by atoms with Crippen molar-refractivity contribution in [3.8, 4) is 0 Å². The van der Waals surface area contributed by atoms with Crippen LogP contribution in [0, 0.1) is 23.2 Å². The van der Waals surface area contributed by atoms with Crippen LogP contribution in [-0.4, -0.2) is 29.8 Å². The van der Waals surface area contributed by atoms with E-state index in [2.05, 4.69) is 13.8 Å². The lowest BCUT2D eigenvalue weighted by molar-refractivity contribution is -0.147. The molecular weight excluding hydrogens is 380 g/mol. The minimum absolute atomic E-state index is 0.0360. The molecule has 1 N–H and O–H groups in total. The molecule has 2 bridgehead atoms. The predicted octanol–water partition coefficient (Wildman–Crippen LogP) is 4.36. The van der Waals surface area contributed by atoms with E-state index in [1.54, 1.807) is 0 Å². The Hall–Kier alpha value is -1.88. The van der Waals surface area contributed by atoms with E-state index in [0.29, 0.717) is 42.1 Å². The molecule has 0 radical (unpaired) electrons. The summed E-state index contributed by atoms with van der Waals surface area (Å²) in [5.41, 5.74) is 2.42. The molecule has 1 heterocycles. The van der Waals surface area contributed by atoms with Gasteiger partial charge < -0.3 is 14.6 Å². The lowest BCUT2D eigenvalue weighted by Gasteiger charge is -2.58. The number of carbonyl (C=O) groups is 2. The Morgan fingerprint density at radius 3 is 2.80 bits per heavy atom. The molecule has 1 saturated carbocycles. The van der Waals surface area contributed by atoms with Crippen molar-refractivity contribution in [1.82, 2.24) is 0 Å². The third-order valence-electron chi connectivity index (χ3n) is 8.32. The number of ketones is 1. The van der Waals surface area contributed by atoms with Crippen molar-refractivity contribution < 1.29 is 24.2 Å². The van der Waals surface area contributed by atoms with Crippen molar-refractivity contribution in [2.45, 2.75) is 77.4 Å². The summed E-state index contributed by atoms with van der Waals surface area (Å²) in [4.78, 5) is 26.9. The molecule has 5 nitrogen and oxygen atoms in total. The fraction of sp³-hybridized carbons (Fsp3) is 0.680. The van der Waals surface area contributed by atoms with Crippen LogP contribution in [0.4, 0.5) is 0 Å². The number of carbonyl (C=O) groups excluding carboxylic acids is 2. The summed E-state index contributed by atoms with van der Waals surface area (Å²) in [6.07, 6.45) is 9.22. The lowest BCUT2D eigenvalue weighted by Crippen LogP contribution is -2.58. The van der Waals surface area contributed by atoms with Crippen LogP contribution in [-0.2, 0) is 19.1 Å². The molecule has 6 rings (SSSR count). The third kappa shape index (κ3) is 2.33. The Bertz CT molecular complexity index is 908. The van der Waals surface area contributed by atoms with Crippen LogP contribution in [0.15, 0.2) is 34.1 Å². The van der Waals surface area contributed by atoms with E-state index in [1.807, 2.05) is 6.08 Å². The van der Waals surface area contributed by atoms with Crippen molar-refractivity contribution in [3.05, 3.63) is 34.1 Å². The fourth-order valence-corrected chi connectivity index (χ4v) is 7.12. The smallest absolute Gasteiger partial charge is 0.334 e. The van der Waals surface area contributed by atoms with Gasteiger partial charge in [-0.15, -0.1) is 0 Å². The van der Waals surface area contributed by atoms with Gasteiger partial charge in [0.15, 0.2) is 5.78 Å². The molecule has 0 amide bonds. The zero-order valence-corrected chi connectivity index (χ0v) is 18.3. The van der Waals surface area contributed by atoms with Gasteiger partial charge in [0.25, 0.3) is 0 Å². The van der Waals surface area contributed by atoms with E-state index < -0.39 is 11.2 Å². The first-order valence-corrected chi connectivity index (χ1v) is 11.7. The number of methoxy groups -OCH3 is 1. The number of allylic oxidation sites excluding steroid dienone is 3. The highest BCUT2D eigenvalue weighted by Crippen LogP contribution is 2.69. The minimum Gasteiger partial charge on any atom is -0.466 e. The Labute approximate surface area is 178 Å². The van der Waals surface area contributed by atoms with Crippen molar-refractivity contribution in [2.24, 2.45) is 23.2 Å². The van der Waals surface area contributed by atoms with Gasteiger partial charge in [0.1, 0.15) is 5.76 Å². The standard InChI is InChI=1S/C25H32O5/c1-4-6-11-25(28)17-9-8-15-14-10-12-24(18(13-14)23(27)29-3)20(15)19(17)21(30-25)16(7-5-2)22(24)26/h13-15,20,28H,4-12H2,1-3H3/t14-,15+,20-,24-,25+/m1/s1. The summed E-state index contributed by atoms with van der Waals surface area (Å²) in [6.45, 7) is 4.16. The monoisotopic (exact) mass is 412 g/mol. The fourth-order valence-electron chi connectivity index (χ4n) is 7.12. The zero-order chi connectivity index (χ0) is 21.3. The highest BCUT2D eigenvalue weighted by atomic mass is 16.6. The van der Waals surface area contributed by atoms with Gasteiger partial charge in [0, 0.05) is 34.6 Å². The summed E-state index contributed by atoms with van der Waals surface area (Å²) < 4.78 is 11.4. The van der Waals surface area contributed by atoms with Gasteiger partial charge in [0.05, 0.1) is 12.5 Å². The highest BCUT2D eigenvalue weighted by Gasteiger charge is 2.68. The summed E-state index contributed by atoms with van der Waals surface area (Å²) in [5.74, 6) is -0.461. The summed E-state index contributed by atoms with van der Waals surface area (Å²) in [7, 11) is 1.40. The molecule has 1 spiro atoms. The number of hydrogen-bond donors (Lipinski definition) is 1. The van der Waals surface area contributed by atoms with E-state index in [4.69, 9.17) is 9.47 Å². The van der Waals surface area contributed by atoms with Gasteiger partial charge in [-0.25, -0.2) is 4.79 Å². The first-order chi connectivity index (χ1) is 14.4. The lowest BCUT2D eigenvalue weighted by atomic mass is 9.43. The summed E-state index contributed by atoms with van der Waals surface area (Å²) in [6, 6.07) is 0. The summed E-state index contributed by atoms with van der Waals surface area (Å²) in [5, 5.41) is 11.6. The molecule has 5 atom stereocenters. The molecule has 0 unspecified atom stereocenters. The number of ether oxygens (including phenoxy) is 2. The molecule has 0 aromatic carbocycles. The number of aliphatic hydroxyl groups is 1. The van der Waals surface area contributed by atoms with E-state index in [1.165, 1.54) is 7.11 Å². The van der Waals surface area contributed by atoms with E-state index in [-0.39, 0.29) is 23.6 Å². The number of rotatable bonds is 6. The van der Waals surface area contributed by atoms with Crippen molar-refractivity contribution in [1.29, 1.82) is 0 Å². The normalized spacial score (nSPS) is 38.5. The van der Waals surface area contributed by atoms with Crippen LogP contribution in [0.3, 0.4) is 0 Å². The molecule has 1 aliphatic heterocycles. The molecular formula is C25H32O5. The Balaban J connectivity index is 1.76. The molecule has 5 aliphatic carbocycles. The molecule has 162 valence electrons. The number of hydrogen-bond acceptors (Lipinski definition) is 5. The van der Waals surface area contributed by atoms with Gasteiger partial charge in [-0.2, -0.15) is 0 Å². The quantitative estimate of drug-likeness (QED) is 0.656. The van der Waals surface area contributed by atoms with E-state index in [0.717, 1.165) is 49.7 Å².